The van der Waals surface area contributed by atoms with Gasteiger partial charge in [-0.2, -0.15) is 0 Å². The Labute approximate surface area is 103 Å². The van der Waals surface area contributed by atoms with E-state index >= 15 is 0 Å². The summed E-state index contributed by atoms with van der Waals surface area (Å²) in [5, 5.41) is 0.547. The Hall–Kier alpha value is -2.55. The predicted octanol–water partition coefficient (Wildman–Crippen LogP) is 3.04. The number of nitrogen functional groups attached to an aromatic ring is 1. The monoisotopic (exact) mass is 237 g/mol. The summed E-state index contributed by atoms with van der Waals surface area (Å²) >= 11 is 0. The quantitative estimate of drug-likeness (QED) is 0.707. The van der Waals surface area contributed by atoms with Crippen LogP contribution in [-0.2, 0) is 0 Å². The molecule has 88 valence electrons. The molecule has 2 aromatic carbocycles. The van der Waals surface area contributed by atoms with Crippen LogP contribution >= 0.6 is 0 Å². The summed E-state index contributed by atoms with van der Waals surface area (Å²) in [6.07, 6.45) is 0. The number of hydrogen-bond donors (Lipinski definition) is 1. The van der Waals surface area contributed by atoms with E-state index in [0.717, 1.165) is 11.1 Å². The average molecular weight is 237 g/mol. The highest BCUT2D eigenvalue weighted by Gasteiger charge is 2.08. The Kier molecular flexibility index (Phi) is 2.38. The molecule has 2 N–H and O–H groups in total. The second-order valence-corrected chi connectivity index (χ2v) is 4.06. The Bertz CT molecular complexity index is 760. The van der Waals surface area contributed by atoms with Gasteiger partial charge in [0.1, 0.15) is 5.58 Å². The highest BCUT2D eigenvalue weighted by molar-refractivity contribution is 5.92. The molecule has 0 spiro atoms. The van der Waals surface area contributed by atoms with E-state index in [4.69, 9.17) is 10.2 Å². The molecule has 1 aromatic heterocycles. The van der Waals surface area contributed by atoms with E-state index in [1.165, 1.54) is 6.07 Å². The lowest BCUT2D eigenvalue weighted by Crippen LogP contribution is -2.02. The van der Waals surface area contributed by atoms with Gasteiger partial charge in [0.2, 0.25) is 0 Å². The van der Waals surface area contributed by atoms with Crippen molar-refractivity contribution in [3.8, 4) is 11.1 Å². The van der Waals surface area contributed by atoms with E-state index in [9.17, 15) is 4.79 Å². The van der Waals surface area contributed by atoms with E-state index < -0.39 is 0 Å². The largest absolute Gasteiger partial charge is 0.440 e. The summed E-state index contributed by atoms with van der Waals surface area (Å²) in [6.45, 7) is 0. The zero-order valence-electron chi connectivity index (χ0n) is 9.59. The van der Waals surface area contributed by atoms with Crippen molar-refractivity contribution in [3.05, 3.63) is 64.8 Å². The SMILES string of the molecule is Nc1cc(=O)c2cccc(-c3ccccc3)c2o1. The summed E-state index contributed by atoms with van der Waals surface area (Å²) in [6, 6.07) is 16.6. The molecule has 0 aliphatic carbocycles. The number of para-hydroxylation sites is 1. The summed E-state index contributed by atoms with van der Waals surface area (Å²) < 4.78 is 5.51. The molecule has 0 saturated carbocycles. The fourth-order valence-electron chi connectivity index (χ4n) is 2.04. The fraction of sp³-hybridized carbons (Fsp3) is 0. The molecule has 3 heteroatoms. The first-order valence-corrected chi connectivity index (χ1v) is 5.63. The standard InChI is InChI=1S/C15H11NO2/c16-14-9-13(17)12-8-4-7-11(15(12)18-14)10-5-2-1-3-6-10/h1-9H,16H2. The van der Waals surface area contributed by atoms with Gasteiger partial charge < -0.3 is 10.2 Å². The van der Waals surface area contributed by atoms with Gasteiger partial charge in [-0.15, -0.1) is 0 Å². The van der Waals surface area contributed by atoms with Crippen molar-refractivity contribution in [1.29, 1.82) is 0 Å². The van der Waals surface area contributed by atoms with E-state index in [1.54, 1.807) is 6.07 Å². The number of nitrogens with two attached hydrogens (primary N) is 1. The van der Waals surface area contributed by atoms with Crippen molar-refractivity contribution in [2.45, 2.75) is 0 Å². The van der Waals surface area contributed by atoms with Gasteiger partial charge >= 0.3 is 0 Å². The summed E-state index contributed by atoms with van der Waals surface area (Å²) in [7, 11) is 0. The molecule has 3 aromatic rings. The topological polar surface area (TPSA) is 56.2 Å². The molecular formula is C15H11NO2. The molecule has 0 bridgehead atoms. The highest BCUT2D eigenvalue weighted by atomic mass is 16.3. The van der Waals surface area contributed by atoms with Crippen molar-refractivity contribution < 1.29 is 4.42 Å². The van der Waals surface area contributed by atoms with Gasteiger partial charge in [-0.25, -0.2) is 0 Å². The van der Waals surface area contributed by atoms with Gasteiger partial charge in [0, 0.05) is 11.6 Å². The molecule has 0 atom stereocenters. The number of benzene rings is 2. The van der Waals surface area contributed by atoms with Crippen molar-refractivity contribution in [3.63, 3.8) is 0 Å². The average Bonchev–Trinajstić information content (AvgIpc) is 2.39. The van der Waals surface area contributed by atoms with Crippen LogP contribution in [-0.4, -0.2) is 0 Å². The minimum absolute atomic E-state index is 0.119. The van der Waals surface area contributed by atoms with E-state index in [2.05, 4.69) is 0 Å². The van der Waals surface area contributed by atoms with E-state index in [-0.39, 0.29) is 11.3 Å². The lowest BCUT2D eigenvalue weighted by molar-refractivity contribution is 0.626. The van der Waals surface area contributed by atoms with Crippen LogP contribution in [0, 0.1) is 0 Å². The molecule has 0 amide bonds. The molecule has 0 radical (unpaired) electrons. The zero-order chi connectivity index (χ0) is 12.5. The van der Waals surface area contributed by atoms with Crippen molar-refractivity contribution in [1.82, 2.24) is 0 Å². The Morgan fingerprint density at radius 2 is 1.72 bits per heavy atom. The first kappa shape index (κ1) is 10.6. The normalized spacial score (nSPS) is 10.7. The maximum absolute atomic E-state index is 11.8. The van der Waals surface area contributed by atoms with Gasteiger partial charge in [-0.05, 0) is 11.6 Å². The van der Waals surface area contributed by atoms with Gasteiger partial charge in [0.25, 0.3) is 0 Å². The first-order valence-electron chi connectivity index (χ1n) is 5.63. The molecule has 0 aliphatic rings. The van der Waals surface area contributed by atoms with Crippen LogP contribution in [0.25, 0.3) is 22.1 Å². The zero-order valence-corrected chi connectivity index (χ0v) is 9.59. The third-order valence-electron chi connectivity index (χ3n) is 2.86. The van der Waals surface area contributed by atoms with E-state index in [0.29, 0.717) is 11.0 Å². The maximum atomic E-state index is 11.8. The second-order valence-electron chi connectivity index (χ2n) is 4.06. The third kappa shape index (κ3) is 1.66. The van der Waals surface area contributed by atoms with Gasteiger partial charge in [-0.1, -0.05) is 42.5 Å². The lowest BCUT2D eigenvalue weighted by Gasteiger charge is -2.05. The summed E-state index contributed by atoms with van der Waals surface area (Å²) in [4.78, 5) is 11.8. The van der Waals surface area contributed by atoms with Gasteiger partial charge in [0.05, 0.1) is 5.39 Å². The Balaban J connectivity index is 2.41. The smallest absolute Gasteiger partial charge is 0.194 e. The van der Waals surface area contributed by atoms with Crippen LogP contribution in [0.3, 0.4) is 0 Å². The summed E-state index contributed by atoms with van der Waals surface area (Å²) in [5.41, 5.74) is 7.89. The molecule has 18 heavy (non-hydrogen) atoms. The molecule has 0 unspecified atom stereocenters. The Morgan fingerprint density at radius 3 is 2.50 bits per heavy atom. The third-order valence-corrected chi connectivity index (χ3v) is 2.86. The molecule has 1 heterocycles. The molecule has 3 rings (SSSR count). The molecule has 0 aliphatic heterocycles. The lowest BCUT2D eigenvalue weighted by atomic mass is 10.0. The summed E-state index contributed by atoms with van der Waals surface area (Å²) in [5.74, 6) is 0.135. The number of fused-ring (bicyclic) bond motifs is 1. The second kappa shape index (κ2) is 4.04. The minimum Gasteiger partial charge on any atom is -0.440 e. The van der Waals surface area contributed by atoms with Crippen molar-refractivity contribution in [2.75, 3.05) is 5.73 Å². The Morgan fingerprint density at radius 1 is 0.944 bits per heavy atom. The van der Waals surface area contributed by atoms with Crippen molar-refractivity contribution in [2.24, 2.45) is 0 Å². The maximum Gasteiger partial charge on any atom is 0.194 e. The number of hydrogen-bond acceptors (Lipinski definition) is 3. The van der Waals surface area contributed by atoms with Crippen LogP contribution in [0.4, 0.5) is 5.88 Å². The first-order chi connectivity index (χ1) is 8.75. The molecular weight excluding hydrogens is 226 g/mol. The number of rotatable bonds is 1. The molecule has 0 saturated heterocycles. The van der Waals surface area contributed by atoms with Gasteiger partial charge in [0.15, 0.2) is 11.3 Å². The fourth-order valence-corrected chi connectivity index (χ4v) is 2.04. The van der Waals surface area contributed by atoms with Crippen LogP contribution in [0.1, 0.15) is 0 Å². The van der Waals surface area contributed by atoms with Crippen LogP contribution in [0.2, 0.25) is 0 Å². The van der Waals surface area contributed by atoms with Crippen LogP contribution in [0.5, 0.6) is 0 Å². The van der Waals surface area contributed by atoms with Crippen LogP contribution in [0.15, 0.2) is 63.8 Å². The minimum atomic E-state index is -0.119. The molecule has 0 fully saturated rings. The van der Waals surface area contributed by atoms with Crippen molar-refractivity contribution >= 4 is 16.9 Å². The highest BCUT2D eigenvalue weighted by Crippen LogP contribution is 2.27. The molecule has 3 nitrogen and oxygen atoms in total. The number of anilines is 1. The van der Waals surface area contributed by atoms with E-state index in [1.807, 2.05) is 42.5 Å². The van der Waals surface area contributed by atoms with Crippen LogP contribution < -0.4 is 11.2 Å². The predicted molar refractivity (Wildman–Crippen MR) is 72.3 cm³/mol. The van der Waals surface area contributed by atoms with Gasteiger partial charge in [-0.3, -0.25) is 4.79 Å².